The van der Waals surface area contributed by atoms with E-state index < -0.39 is 10.0 Å². The molecular weight excluding hydrogens is 378 g/mol. The molecule has 0 unspecified atom stereocenters. The Morgan fingerprint density at radius 3 is 2.43 bits per heavy atom. The summed E-state index contributed by atoms with van der Waals surface area (Å²) in [5, 5.41) is 5.75. The molecular formula is C20H27N3O4S. The summed E-state index contributed by atoms with van der Waals surface area (Å²) in [4.78, 5) is 12.5. The molecule has 1 amide bonds. The highest BCUT2D eigenvalue weighted by atomic mass is 32.2. The number of carbonyl (C=O) groups is 1. The highest BCUT2D eigenvalue weighted by Crippen LogP contribution is 2.24. The number of hydrogen-bond acceptors (Lipinski definition) is 5. The minimum absolute atomic E-state index is 0.00807. The molecule has 0 atom stereocenters. The van der Waals surface area contributed by atoms with Gasteiger partial charge in [0.25, 0.3) is 0 Å². The minimum Gasteiger partial charge on any atom is -0.495 e. The molecule has 2 rings (SSSR count). The van der Waals surface area contributed by atoms with Crippen molar-refractivity contribution in [2.24, 2.45) is 0 Å². The van der Waals surface area contributed by atoms with Crippen LogP contribution in [-0.4, -0.2) is 45.4 Å². The Kier molecular flexibility index (Phi) is 7.42. The zero-order chi connectivity index (χ0) is 20.7. The zero-order valence-electron chi connectivity index (χ0n) is 16.7. The average molecular weight is 406 g/mol. The van der Waals surface area contributed by atoms with Crippen molar-refractivity contribution < 1.29 is 17.9 Å². The summed E-state index contributed by atoms with van der Waals surface area (Å²) in [5.41, 5.74) is 1.80. The predicted octanol–water partition coefficient (Wildman–Crippen LogP) is 3.08. The van der Waals surface area contributed by atoms with Gasteiger partial charge in [-0.1, -0.05) is 32.0 Å². The van der Waals surface area contributed by atoms with E-state index >= 15 is 0 Å². The fourth-order valence-electron chi connectivity index (χ4n) is 2.82. The molecule has 8 heteroatoms. The number of methoxy groups -OCH3 is 1. The lowest BCUT2D eigenvalue weighted by Gasteiger charge is -2.20. The fourth-order valence-corrected chi connectivity index (χ4v) is 4.52. The minimum atomic E-state index is -3.57. The number of aryl methyl sites for hydroxylation is 1. The van der Waals surface area contributed by atoms with Crippen LogP contribution in [0.15, 0.2) is 47.4 Å². The zero-order valence-corrected chi connectivity index (χ0v) is 17.5. The van der Waals surface area contributed by atoms with E-state index in [1.807, 2.05) is 6.07 Å². The van der Waals surface area contributed by atoms with E-state index in [1.54, 1.807) is 57.2 Å². The van der Waals surface area contributed by atoms with Crippen molar-refractivity contribution in [3.63, 3.8) is 0 Å². The lowest BCUT2D eigenvalue weighted by molar-refractivity contribution is -0.114. The molecule has 0 aliphatic rings. The Morgan fingerprint density at radius 1 is 1.11 bits per heavy atom. The summed E-state index contributed by atoms with van der Waals surface area (Å²) in [5.74, 6) is 0.303. The van der Waals surface area contributed by atoms with Gasteiger partial charge in [0, 0.05) is 18.8 Å². The molecule has 0 fully saturated rings. The number of benzene rings is 2. The molecule has 0 saturated heterocycles. The van der Waals surface area contributed by atoms with E-state index in [0.29, 0.717) is 35.8 Å². The van der Waals surface area contributed by atoms with Gasteiger partial charge in [-0.15, -0.1) is 0 Å². The molecule has 28 heavy (non-hydrogen) atoms. The second-order valence-corrected chi connectivity index (χ2v) is 8.08. The van der Waals surface area contributed by atoms with Crippen LogP contribution in [0.3, 0.4) is 0 Å². The van der Waals surface area contributed by atoms with Crippen molar-refractivity contribution in [2.75, 3.05) is 37.4 Å². The van der Waals surface area contributed by atoms with E-state index in [1.165, 1.54) is 11.4 Å². The van der Waals surface area contributed by atoms with Gasteiger partial charge in [0.15, 0.2) is 0 Å². The number of para-hydroxylation sites is 2. The van der Waals surface area contributed by atoms with Crippen molar-refractivity contribution in [3.8, 4) is 5.75 Å². The van der Waals surface area contributed by atoms with Gasteiger partial charge in [-0.05, 0) is 36.8 Å². The first-order valence-electron chi connectivity index (χ1n) is 9.11. The van der Waals surface area contributed by atoms with Gasteiger partial charge in [0.2, 0.25) is 15.9 Å². The Balaban J connectivity index is 2.12. The molecule has 0 aliphatic carbocycles. The average Bonchev–Trinajstić information content (AvgIpc) is 2.68. The van der Waals surface area contributed by atoms with Crippen LogP contribution >= 0.6 is 0 Å². The molecule has 2 aromatic rings. The Labute approximate surface area is 166 Å². The highest BCUT2D eigenvalue weighted by molar-refractivity contribution is 7.89. The summed E-state index contributed by atoms with van der Waals surface area (Å²) in [6, 6.07) is 12.2. The summed E-state index contributed by atoms with van der Waals surface area (Å²) in [6.45, 7) is 6.16. The molecule has 152 valence electrons. The maximum Gasteiger partial charge on any atom is 0.243 e. The number of carbonyl (C=O) groups excluding carboxylic acids is 1. The van der Waals surface area contributed by atoms with Gasteiger partial charge in [-0.3, -0.25) is 4.79 Å². The van der Waals surface area contributed by atoms with E-state index in [2.05, 4.69) is 10.6 Å². The number of nitrogens with one attached hydrogen (secondary N) is 2. The summed E-state index contributed by atoms with van der Waals surface area (Å²) in [6.07, 6.45) is 0. The maximum atomic E-state index is 12.8. The third-order valence-corrected chi connectivity index (χ3v) is 6.54. The number of rotatable bonds is 9. The number of ether oxygens (including phenoxy) is 1. The van der Waals surface area contributed by atoms with Crippen LogP contribution in [0.5, 0.6) is 5.75 Å². The number of nitrogens with zero attached hydrogens (tertiary/aromatic N) is 1. The second-order valence-electron chi connectivity index (χ2n) is 6.17. The van der Waals surface area contributed by atoms with Crippen molar-refractivity contribution in [3.05, 3.63) is 48.0 Å². The van der Waals surface area contributed by atoms with Gasteiger partial charge >= 0.3 is 0 Å². The normalized spacial score (nSPS) is 11.3. The van der Waals surface area contributed by atoms with Crippen LogP contribution in [0.4, 0.5) is 11.4 Å². The summed E-state index contributed by atoms with van der Waals surface area (Å²) < 4.78 is 32.3. The Morgan fingerprint density at radius 2 is 1.79 bits per heavy atom. The van der Waals surface area contributed by atoms with Crippen LogP contribution < -0.4 is 15.4 Å². The van der Waals surface area contributed by atoms with Crippen LogP contribution in [-0.2, 0) is 14.8 Å². The van der Waals surface area contributed by atoms with Gasteiger partial charge in [-0.2, -0.15) is 4.31 Å². The van der Waals surface area contributed by atoms with Crippen LogP contribution in [0.1, 0.15) is 19.4 Å². The molecule has 0 saturated carbocycles. The molecule has 0 aliphatic heterocycles. The Bertz CT molecular complexity index is 925. The van der Waals surface area contributed by atoms with Crippen molar-refractivity contribution in [2.45, 2.75) is 25.7 Å². The van der Waals surface area contributed by atoms with Crippen molar-refractivity contribution in [1.29, 1.82) is 0 Å². The Hall–Kier alpha value is -2.58. The summed E-state index contributed by atoms with van der Waals surface area (Å²) >= 11 is 0. The molecule has 0 heterocycles. The van der Waals surface area contributed by atoms with Gasteiger partial charge < -0.3 is 15.4 Å². The first kappa shape index (κ1) is 21.7. The number of amides is 1. The van der Waals surface area contributed by atoms with Crippen molar-refractivity contribution >= 4 is 27.3 Å². The standard InChI is InChI=1S/C20H27N3O4S/c1-5-23(6-2)28(25,26)19-13-16(12-11-15(19)3)21-14-20(24)22-17-9-7-8-10-18(17)27-4/h7-13,21H,5-6,14H2,1-4H3,(H,22,24). The van der Waals surface area contributed by atoms with E-state index in [9.17, 15) is 13.2 Å². The molecule has 2 aromatic carbocycles. The molecule has 2 N–H and O–H groups in total. The molecule has 7 nitrogen and oxygen atoms in total. The van der Waals surface area contributed by atoms with Crippen LogP contribution in [0, 0.1) is 6.92 Å². The quantitative estimate of drug-likeness (QED) is 0.669. The first-order valence-corrected chi connectivity index (χ1v) is 10.5. The van der Waals surface area contributed by atoms with Gasteiger partial charge in [0.05, 0.1) is 24.2 Å². The smallest absolute Gasteiger partial charge is 0.243 e. The lowest BCUT2D eigenvalue weighted by Crippen LogP contribution is -2.31. The van der Waals surface area contributed by atoms with E-state index in [0.717, 1.165) is 0 Å². The molecule has 0 aromatic heterocycles. The maximum absolute atomic E-state index is 12.8. The number of sulfonamides is 1. The molecule has 0 radical (unpaired) electrons. The predicted molar refractivity (Wildman–Crippen MR) is 111 cm³/mol. The summed E-state index contributed by atoms with van der Waals surface area (Å²) in [7, 11) is -2.04. The molecule has 0 spiro atoms. The van der Waals surface area contributed by atoms with E-state index in [4.69, 9.17) is 4.74 Å². The topological polar surface area (TPSA) is 87.7 Å². The SMILES string of the molecule is CCN(CC)S(=O)(=O)c1cc(NCC(=O)Nc2ccccc2OC)ccc1C. The monoisotopic (exact) mass is 405 g/mol. The lowest BCUT2D eigenvalue weighted by atomic mass is 10.2. The van der Waals surface area contributed by atoms with E-state index in [-0.39, 0.29) is 17.3 Å². The van der Waals surface area contributed by atoms with Crippen molar-refractivity contribution in [1.82, 2.24) is 4.31 Å². The second kappa shape index (κ2) is 9.57. The highest BCUT2D eigenvalue weighted by Gasteiger charge is 2.23. The number of anilines is 2. The third-order valence-electron chi connectivity index (χ3n) is 4.35. The van der Waals surface area contributed by atoms with Crippen LogP contribution in [0.2, 0.25) is 0 Å². The first-order chi connectivity index (χ1) is 13.3. The third kappa shape index (κ3) is 5.02. The van der Waals surface area contributed by atoms with Gasteiger partial charge in [0.1, 0.15) is 5.75 Å². The van der Waals surface area contributed by atoms with Crippen LogP contribution in [0.25, 0.3) is 0 Å². The fraction of sp³-hybridized carbons (Fsp3) is 0.350. The largest absolute Gasteiger partial charge is 0.495 e. The van der Waals surface area contributed by atoms with Gasteiger partial charge in [-0.25, -0.2) is 8.42 Å². The molecule has 0 bridgehead atoms. The number of hydrogen-bond donors (Lipinski definition) is 2.